The third-order valence-corrected chi connectivity index (χ3v) is 3.61. The summed E-state index contributed by atoms with van der Waals surface area (Å²) in [5.41, 5.74) is 4.39. The lowest BCUT2D eigenvalue weighted by molar-refractivity contribution is 0.223. The molecule has 21 heavy (non-hydrogen) atoms. The number of hydrogen-bond acceptors (Lipinski definition) is 2. The molecule has 0 aliphatic rings. The van der Waals surface area contributed by atoms with Crippen molar-refractivity contribution in [2.24, 2.45) is 0 Å². The van der Waals surface area contributed by atoms with Gasteiger partial charge in [0.1, 0.15) is 0 Å². The Morgan fingerprint density at radius 3 is 1.86 bits per heavy atom. The fraction of sp³-hybridized carbons (Fsp3) is 0.684. The molecular weight excluding hydrogens is 258 g/mol. The molecule has 1 N–H and O–H groups in total. The number of allylic oxidation sites excluding steroid dienone is 5. The smallest absolute Gasteiger partial charge is 0.0558 e. The van der Waals surface area contributed by atoms with E-state index in [9.17, 15) is 0 Å². The van der Waals surface area contributed by atoms with E-state index in [0.29, 0.717) is 0 Å². The van der Waals surface area contributed by atoms with E-state index >= 15 is 0 Å². The van der Waals surface area contributed by atoms with Crippen molar-refractivity contribution in [1.82, 2.24) is 4.90 Å². The van der Waals surface area contributed by atoms with Crippen molar-refractivity contribution in [3.05, 3.63) is 34.9 Å². The Hall–Kier alpha value is -0.860. The summed E-state index contributed by atoms with van der Waals surface area (Å²) in [7, 11) is 2.05. The molecule has 0 aromatic rings. The molecule has 0 atom stereocenters. The first kappa shape index (κ1) is 20.1. The number of rotatable bonds is 11. The molecule has 0 saturated carbocycles. The average Bonchev–Trinajstić information content (AvgIpc) is 2.38. The van der Waals surface area contributed by atoms with Crippen molar-refractivity contribution in [2.75, 3.05) is 26.7 Å². The lowest BCUT2D eigenvalue weighted by Crippen LogP contribution is -2.22. The van der Waals surface area contributed by atoms with Crippen molar-refractivity contribution >= 4 is 0 Å². The normalized spacial score (nSPS) is 12.9. The Bertz CT molecular complexity index is 349. The quantitative estimate of drug-likeness (QED) is 0.557. The lowest BCUT2D eigenvalue weighted by Gasteiger charge is -2.13. The Kier molecular flexibility index (Phi) is 12.3. The van der Waals surface area contributed by atoms with Crippen LogP contribution in [-0.4, -0.2) is 36.8 Å². The van der Waals surface area contributed by atoms with Crippen LogP contribution in [0.2, 0.25) is 0 Å². The summed E-state index contributed by atoms with van der Waals surface area (Å²) in [5, 5.41) is 8.84. The fourth-order valence-corrected chi connectivity index (χ4v) is 2.15. The minimum Gasteiger partial charge on any atom is -0.395 e. The molecule has 0 aliphatic heterocycles. The zero-order valence-corrected chi connectivity index (χ0v) is 14.8. The van der Waals surface area contributed by atoms with Crippen LogP contribution in [0.15, 0.2) is 34.9 Å². The van der Waals surface area contributed by atoms with Crippen LogP contribution in [0, 0.1) is 0 Å². The zero-order chi connectivity index (χ0) is 16.1. The molecule has 0 aromatic heterocycles. The molecule has 0 bridgehead atoms. The van der Waals surface area contributed by atoms with Gasteiger partial charge in [0.05, 0.1) is 6.61 Å². The molecule has 122 valence electrons. The SMILES string of the molecule is CC(C)=CCC/C(C)=C/CC/C(C)=C/CCN(C)CCO. The molecule has 0 rings (SSSR count). The van der Waals surface area contributed by atoms with Crippen molar-refractivity contribution < 1.29 is 5.11 Å². The molecule has 2 heteroatoms. The van der Waals surface area contributed by atoms with Crippen LogP contribution in [0.5, 0.6) is 0 Å². The summed E-state index contributed by atoms with van der Waals surface area (Å²) in [4.78, 5) is 2.16. The van der Waals surface area contributed by atoms with E-state index in [1.54, 1.807) is 0 Å². The van der Waals surface area contributed by atoms with Crippen molar-refractivity contribution in [3.8, 4) is 0 Å². The first-order valence-electron chi connectivity index (χ1n) is 8.19. The standard InChI is InChI=1S/C19H35NO/c1-17(2)9-6-10-18(3)11-7-12-19(4)13-8-14-20(5)15-16-21/h9,11,13,21H,6-8,10,12,14-16H2,1-5H3/b18-11+,19-13+. The van der Waals surface area contributed by atoms with Gasteiger partial charge in [0, 0.05) is 13.1 Å². The average molecular weight is 293 g/mol. The second kappa shape index (κ2) is 12.8. The van der Waals surface area contributed by atoms with Gasteiger partial charge in [-0.2, -0.15) is 0 Å². The van der Waals surface area contributed by atoms with Crippen LogP contribution in [-0.2, 0) is 0 Å². The number of hydrogen-bond donors (Lipinski definition) is 1. The third kappa shape index (κ3) is 13.9. The predicted octanol–water partition coefficient (Wildman–Crippen LogP) is 4.72. The maximum atomic E-state index is 8.84. The molecule has 2 nitrogen and oxygen atoms in total. The Morgan fingerprint density at radius 1 is 0.810 bits per heavy atom. The van der Waals surface area contributed by atoms with E-state index in [1.165, 1.54) is 23.1 Å². The highest BCUT2D eigenvalue weighted by Crippen LogP contribution is 2.11. The third-order valence-electron chi connectivity index (χ3n) is 3.61. The molecular formula is C19H35NO. The van der Waals surface area contributed by atoms with Gasteiger partial charge in [-0.1, -0.05) is 34.9 Å². The van der Waals surface area contributed by atoms with E-state index in [4.69, 9.17) is 5.11 Å². The Balaban J connectivity index is 3.85. The summed E-state index contributed by atoms with van der Waals surface area (Å²) in [5.74, 6) is 0. The molecule has 0 aliphatic carbocycles. The predicted molar refractivity (Wildman–Crippen MR) is 94.6 cm³/mol. The number of aliphatic hydroxyl groups is 1. The molecule has 0 radical (unpaired) electrons. The summed E-state index contributed by atoms with van der Waals surface area (Å²) < 4.78 is 0. The largest absolute Gasteiger partial charge is 0.395 e. The Morgan fingerprint density at radius 2 is 1.33 bits per heavy atom. The van der Waals surface area contributed by atoms with Gasteiger partial charge in [0.25, 0.3) is 0 Å². The van der Waals surface area contributed by atoms with Crippen LogP contribution in [0.1, 0.15) is 59.8 Å². The van der Waals surface area contributed by atoms with Gasteiger partial charge in [-0.05, 0) is 66.8 Å². The van der Waals surface area contributed by atoms with Gasteiger partial charge in [-0.15, -0.1) is 0 Å². The molecule has 0 amide bonds. The topological polar surface area (TPSA) is 23.5 Å². The second-order valence-corrected chi connectivity index (χ2v) is 6.28. The number of nitrogens with zero attached hydrogens (tertiary/aromatic N) is 1. The van der Waals surface area contributed by atoms with Gasteiger partial charge < -0.3 is 10.0 Å². The Labute approximate surface area is 132 Å². The maximum Gasteiger partial charge on any atom is 0.0558 e. The first-order chi connectivity index (χ1) is 9.95. The summed E-state index contributed by atoms with van der Waals surface area (Å²) in [6.07, 6.45) is 12.8. The van der Waals surface area contributed by atoms with Gasteiger partial charge in [0.15, 0.2) is 0 Å². The second-order valence-electron chi connectivity index (χ2n) is 6.28. The molecule has 0 spiro atoms. The van der Waals surface area contributed by atoms with Crippen molar-refractivity contribution in [3.63, 3.8) is 0 Å². The van der Waals surface area contributed by atoms with Gasteiger partial charge in [0.2, 0.25) is 0 Å². The molecule has 0 heterocycles. The van der Waals surface area contributed by atoms with E-state index in [2.05, 4.69) is 57.9 Å². The number of aliphatic hydroxyl groups excluding tert-OH is 1. The van der Waals surface area contributed by atoms with Crippen molar-refractivity contribution in [1.29, 1.82) is 0 Å². The van der Waals surface area contributed by atoms with E-state index < -0.39 is 0 Å². The molecule has 0 saturated heterocycles. The lowest BCUT2D eigenvalue weighted by atomic mass is 10.1. The summed E-state index contributed by atoms with van der Waals surface area (Å²) in [6, 6.07) is 0. The van der Waals surface area contributed by atoms with Crippen molar-refractivity contribution in [2.45, 2.75) is 59.8 Å². The number of likely N-dealkylation sites (N-methyl/N-ethyl adjacent to an activating group) is 1. The zero-order valence-electron chi connectivity index (χ0n) is 14.8. The minimum absolute atomic E-state index is 0.246. The fourth-order valence-electron chi connectivity index (χ4n) is 2.15. The van der Waals surface area contributed by atoms with Crippen LogP contribution in [0.3, 0.4) is 0 Å². The van der Waals surface area contributed by atoms with Crippen LogP contribution in [0.25, 0.3) is 0 Å². The summed E-state index contributed by atoms with van der Waals surface area (Å²) in [6.45, 7) is 10.8. The van der Waals surface area contributed by atoms with Gasteiger partial charge in [-0.25, -0.2) is 0 Å². The molecule has 0 fully saturated rings. The maximum absolute atomic E-state index is 8.84. The van der Waals surface area contributed by atoms with E-state index in [0.717, 1.165) is 38.8 Å². The van der Waals surface area contributed by atoms with Crippen LogP contribution >= 0.6 is 0 Å². The van der Waals surface area contributed by atoms with Gasteiger partial charge >= 0.3 is 0 Å². The first-order valence-corrected chi connectivity index (χ1v) is 8.19. The van der Waals surface area contributed by atoms with Crippen LogP contribution in [0.4, 0.5) is 0 Å². The highest BCUT2D eigenvalue weighted by atomic mass is 16.3. The molecule has 0 unspecified atom stereocenters. The molecule has 0 aromatic carbocycles. The summed E-state index contributed by atoms with van der Waals surface area (Å²) >= 11 is 0. The van der Waals surface area contributed by atoms with E-state index in [-0.39, 0.29) is 6.61 Å². The van der Waals surface area contributed by atoms with Crippen LogP contribution < -0.4 is 0 Å². The monoisotopic (exact) mass is 293 g/mol. The highest BCUT2D eigenvalue weighted by molar-refractivity contribution is 5.05. The highest BCUT2D eigenvalue weighted by Gasteiger charge is 1.96. The van der Waals surface area contributed by atoms with E-state index in [1.807, 2.05) is 0 Å². The minimum atomic E-state index is 0.246. The van der Waals surface area contributed by atoms with Gasteiger partial charge in [-0.3, -0.25) is 0 Å².